The average molecular weight is 501 g/mol. The molecule has 186 valence electrons. The second-order valence-corrected chi connectivity index (χ2v) is 9.40. The second kappa shape index (κ2) is 10.3. The highest BCUT2D eigenvalue weighted by Crippen LogP contribution is 2.37. The average Bonchev–Trinajstić information content (AvgIpc) is 3.49. The van der Waals surface area contributed by atoms with Crippen LogP contribution < -0.4 is 0 Å². The molecule has 0 heterocycles. The number of fused-ring (bicyclic) bond motifs is 6. The smallest absolute Gasteiger partial charge is 0.318 e. The van der Waals surface area contributed by atoms with Gasteiger partial charge in [0.2, 0.25) is 0 Å². The van der Waals surface area contributed by atoms with Crippen LogP contribution in [0.25, 0.3) is 22.3 Å². The fraction of sp³-hybridized carbons (Fsp3) is 0.125. The van der Waals surface area contributed by atoms with Crippen molar-refractivity contribution in [3.05, 3.63) is 118 Å². The quantitative estimate of drug-likeness (QED) is 0.152. The molecule has 0 aromatic heterocycles. The fourth-order valence-corrected chi connectivity index (χ4v) is 5.08. The van der Waals surface area contributed by atoms with Crippen molar-refractivity contribution in [3.8, 4) is 22.3 Å². The molecule has 2 aliphatic rings. The highest BCUT2D eigenvalue weighted by molar-refractivity contribution is 5.86. The minimum Gasteiger partial charge on any atom is -0.318 e. The standard InChI is InChI=1S/C32H24N2O4/c35-31(37-33-19-21-9-11-29-25(15-21)17-23-5-1-3-7-27(23)29)13-14-32(36)38-34-20-22-10-12-30-26(16-22)18-24-6-2-4-8-28(24)30/h1-12,15-16,19-20H,13-14,17-18H2/b33-19+,34-20+. The molecule has 0 bridgehead atoms. The van der Waals surface area contributed by atoms with Crippen molar-refractivity contribution in [1.82, 2.24) is 0 Å². The Morgan fingerprint density at radius 3 is 1.47 bits per heavy atom. The molecular formula is C32H24N2O4. The first kappa shape index (κ1) is 23.6. The number of oxime groups is 2. The van der Waals surface area contributed by atoms with E-state index in [0.29, 0.717) is 0 Å². The van der Waals surface area contributed by atoms with Crippen LogP contribution in [0.15, 0.2) is 95.2 Å². The molecular weight excluding hydrogens is 476 g/mol. The van der Waals surface area contributed by atoms with Gasteiger partial charge in [0.1, 0.15) is 0 Å². The lowest BCUT2D eigenvalue weighted by Crippen LogP contribution is -2.06. The molecule has 0 spiro atoms. The lowest BCUT2D eigenvalue weighted by Gasteiger charge is -2.02. The summed E-state index contributed by atoms with van der Waals surface area (Å²) in [6.07, 6.45) is 4.44. The van der Waals surface area contributed by atoms with Crippen molar-refractivity contribution in [2.24, 2.45) is 10.3 Å². The highest BCUT2D eigenvalue weighted by atomic mass is 16.7. The molecule has 0 atom stereocenters. The molecule has 6 heteroatoms. The van der Waals surface area contributed by atoms with Crippen molar-refractivity contribution in [2.45, 2.75) is 25.7 Å². The molecule has 38 heavy (non-hydrogen) atoms. The van der Waals surface area contributed by atoms with Crippen molar-refractivity contribution in [1.29, 1.82) is 0 Å². The summed E-state index contributed by atoms with van der Waals surface area (Å²) in [6.45, 7) is 0. The van der Waals surface area contributed by atoms with Crippen molar-refractivity contribution in [3.63, 3.8) is 0 Å². The molecule has 0 fully saturated rings. The van der Waals surface area contributed by atoms with Gasteiger partial charge in [-0.2, -0.15) is 0 Å². The molecule has 0 radical (unpaired) electrons. The van der Waals surface area contributed by atoms with E-state index in [0.717, 1.165) is 24.0 Å². The van der Waals surface area contributed by atoms with Gasteiger partial charge in [-0.05, 0) is 80.6 Å². The summed E-state index contributed by atoms with van der Waals surface area (Å²) in [5, 5.41) is 7.57. The number of hydrogen-bond acceptors (Lipinski definition) is 6. The van der Waals surface area contributed by atoms with Crippen LogP contribution in [0.3, 0.4) is 0 Å². The highest BCUT2D eigenvalue weighted by Gasteiger charge is 2.18. The summed E-state index contributed by atoms with van der Waals surface area (Å²) < 4.78 is 0. The van der Waals surface area contributed by atoms with Crippen molar-refractivity contribution in [2.75, 3.05) is 0 Å². The molecule has 2 aliphatic carbocycles. The molecule has 0 unspecified atom stereocenters. The van der Waals surface area contributed by atoms with Crippen LogP contribution in [0.2, 0.25) is 0 Å². The molecule has 0 amide bonds. The lowest BCUT2D eigenvalue weighted by molar-refractivity contribution is -0.150. The third-order valence-corrected chi connectivity index (χ3v) is 6.88. The third kappa shape index (κ3) is 4.89. The number of carbonyl (C=O) groups is 2. The summed E-state index contributed by atoms with van der Waals surface area (Å²) in [4.78, 5) is 33.8. The summed E-state index contributed by atoms with van der Waals surface area (Å²) in [7, 11) is 0. The number of benzene rings is 4. The van der Waals surface area contributed by atoms with E-state index < -0.39 is 11.9 Å². The number of rotatable bonds is 7. The lowest BCUT2D eigenvalue weighted by atomic mass is 10.0. The summed E-state index contributed by atoms with van der Waals surface area (Å²) in [5.74, 6) is -1.23. The van der Waals surface area contributed by atoms with Crippen LogP contribution in [0.1, 0.15) is 46.2 Å². The van der Waals surface area contributed by atoms with Gasteiger partial charge in [-0.25, -0.2) is 9.59 Å². The zero-order chi connectivity index (χ0) is 25.9. The van der Waals surface area contributed by atoms with E-state index in [-0.39, 0.29) is 12.8 Å². The first-order chi connectivity index (χ1) is 18.6. The van der Waals surface area contributed by atoms with Gasteiger partial charge in [0, 0.05) is 0 Å². The van der Waals surface area contributed by atoms with Gasteiger partial charge in [-0.3, -0.25) is 0 Å². The van der Waals surface area contributed by atoms with Gasteiger partial charge in [0.05, 0.1) is 25.3 Å². The Morgan fingerprint density at radius 1 is 0.579 bits per heavy atom. The summed E-state index contributed by atoms with van der Waals surface area (Å²) >= 11 is 0. The fourth-order valence-electron chi connectivity index (χ4n) is 5.08. The van der Waals surface area contributed by atoms with Gasteiger partial charge in [-0.1, -0.05) is 83.1 Å². The Bertz CT molecular complexity index is 1500. The first-order valence-corrected chi connectivity index (χ1v) is 12.5. The van der Waals surface area contributed by atoms with E-state index in [1.54, 1.807) is 0 Å². The third-order valence-electron chi connectivity index (χ3n) is 6.88. The Morgan fingerprint density at radius 2 is 1.00 bits per heavy atom. The van der Waals surface area contributed by atoms with E-state index in [4.69, 9.17) is 9.68 Å². The summed E-state index contributed by atoms with van der Waals surface area (Å²) in [5.41, 5.74) is 11.7. The molecule has 6 rings (SSSR count). The Labute approximate surface area is 220 Å². The van der Waals surface area contributed by atoms with Gasteiger partial charge in [0.25, 0.3) is 0 Å². The molecule has 0 saturated heterocycles. The van der Waals surface area contributed by atoms with Gasteiger partial charge < -0.3 is 9.68 Å². The SMILES string of the molecule is O=C(CCC(=O)O/N=C/c1ccc2c(c1)Cc1ccccc1-2)O/N=C/c1ccc2c(c1)Cc1ccccc1-2. The van der Waals surface area contributed by atoms with Gasteiger partial charge in [0.15, 0.2) is 0 Å². The molecule has 6 nitrogen and oxygen atoms in total. The second-order valence-electron chi connectivity index (χ2n) is 9.40. The Kier molecular flexibility index (Phi) is 6.36. The Hall–Kier alpha value is -4.84. The zero-order valence-electron chi connectivity index (χ0n) is 20.6. The minimum atomic E-state index is -0.617. The molecule has 4 aromatic rings. The monoisotopic (exact) mass is 500 g/mol. The van der Waals surface area contributed by atoms with Crippen molar-refractivity contribution >= 4 is 24.4 Å². The first-order valence-electron chi connectivity index (χ1n) is 12.5. The van der Waals surface area contributed by atoms with E-state index in [2.05, 4.69) is 46.7 Å². The van der Waals surface area contributed by atoms with E-state index >= 15 is 0 Å². The molecule has 4 aromatic carbocycles. The Balaban J connectivity index is 0.952. The predicted octanol–water partition coefficient (Wildman–Crippen LogP) is 6.06. The van der Waals surface area contributed by atoms with Crippen LogP contribution in [0.4, 0.5) is 0 Å². The zero-order valence-corrected chi connectivity index (χ0v) is 20.6. The van der Waals surface area contributed by atoms with Gasteiger partial charge >= 0.3 is 11.9 Å². The predicted molar refractivity (Wildman–Crippen MR) is 146 cm³/mol. The van der Waals surface area contributed by atoms with Gasteiger partial charge in [-0.15, -0.1) is 0 Å². The molecule has 0 aliphatic heterocycles. The topological polar surface area (TPSA) is 77.3 Å². The van der Waals surface area contributed by atoms with Crippen LogP contribution in [0.5, 0.6) is 0 Å². The van der Waals surface area contributed by atoms with Crippen LogP contribution in [-0.2, 0) is 32.1 Å². The molecule has 0 N–H and O–H groups in total. The summed E-state index contributed by atoms with van der Waals surface area (Å²) in [6, 6.07) is 28.8. The number of carbonyl (C=O) groups excluding carboxylic acids is 2. The van der Waals surface area contributed by atoms with Crippen LogP contribution in [-0.4, -0.2) is 24.4 Å². The van der Waals surface area contributed by atoms with E-state index in [1.807, 2.05) is 48.5 Å². The van der Waals surface area contributed by atoms with E-state index in [9.17, 15) is 9.59 Å². The maximum absolute atomic E-state index is 12.0. The normalized spacial score (nSPS) is 12.7. The maximum atomic E-state index is 12.0. The van der Waals surface area contributed by atoms with Crippen LogP contribution >= 0.6 is 0 Å². The number of nitrogens with zero attached hydrogens (tertiary/aromatic N) is 2. The van der Waals surface area contributed by atoms with Crippen molar-refractivity contribution < 1.29 is 19.3 Å². The van der Waals surface area contributed by atoms with Crippen LogP contribution in [0, 0.1) is 0 Å². The largest absolute Gasteiger partial charge is 0.335 e. The maximum Gasteiger partial charge on any atom is 0.335 e. The molecule has 0 saturated carbocycles. The van der Waals surface area contributed by atoms with E-state index in [1.165, 1.54) is 56.9 Å². The minimum absolute atomic E-state index is 0.151. The number of hydrogen-bond donors (Lipinski definition) is 0.